The number of hydrogen-bond donors (Lipinski definition) is 1. The summed E-state index contributed by atoms with van der Waals surface area (Å²) in [5, 5.41) is 3.11. The van der Waals surface area contributed by atoms with Gasteiger partial charge in [0, 0.05) is 17.0 Å². The molecule has 1 fully saturated rings. The van der Waals surface area contributed by atoms with Crippen LogP contribution in [0.5, 0.6) is 0 Å². The van der Waals surface area contributed by atoms with Gasteiger partial charge in [-0.25, -0.2) is 15.0 Å². The van der Waals surface area contributed by atoms with E-state index in [0.717, 1.165) is 25.8 Å². The number of hydrogen-bond acceptors (Lipinski definition) is 5. The number of anilines is 1. The normalized spacial score (nSPS) is 15.9. The second-order valence-corrected chi connectivity index (χ2v) is 7.29. The molecule has 0 aromatic carbocycles. The molecule has 20 heavy (non-hydrogen) atoms. The van der Waals surface area contributed by atoms with E-state index in [1.54, 1.807) is 11.3 Å². The summed E-state index contributed by atoms with van der Waals surface area (Å²) >= 11 is 3.94. The molecule has 2 aromatic rings. The van der Waals surface area contributed by atoms with Gasteiger partial charge in [0.05, 0.1) is 15.7 Å². The van der Waals surface area contributed by atoms with Crippen molar-refractivity contribution in [3.63, 3.8) is 0 Å². The zero-order valence-electron chi connectivity index (χ0n) is 11.4. The summed E-state index contributed by atoms with van der Waals surface area (Å²) in [6, 6.07) is 0. The zero-order valence-corrected chi connectivity index (χ0v) is 14.4. The summed E-state index contributed by atoms with van der Waals surface area (Å²) in [4.78, 5) is 13.7. The third kappa shape index (κ3) is 2.95. The first-order valence-electron chi connectivity index (χ1n) is 6.86. The molecule has 3 rings (SSSR count). The highest BCUT2D eigenvalue weighted by atomic mass is 127. The molecule has 4 nitrogen and oxygen atoms in total. The van der Waals surface area contributed by atoms with Crippen molar-refractivity contribution in [2.24, 2.45) is 0 Å². The second-order valence-electron chi connectivity index (χ2n) is 5.27. The van der Waals surface area contributed by atoms with Crippen molar-refractivity contribution in [3.05, 3.63) is 31.2 Å². The van der Waals surface area contributed by atoms with E-state index in [2.05, 4.69) is 37.9 Å². The Morgan fingerprint density at radius 3 is 2.70 bits per heavy atom. The summed E-state index contributed by atoms with van der Waals surface area (Å²) < 4.78 is 1.04. The third-order valence-electron chi connectivity index (χ3n) is 3.67. The fourth-order valence-electron chi connectivity index (χ4n) is 2.70. The van der Waals surface area contributed by atoms with E-state index in [4.69, 9.17) is 10.7 Å². The SMILES string of the molecule is Cc1csc(Cc2nc(N)c(I)c(C3CCCC3)n2)n1. The lowest BCUT2D eigenvalue weighted by molar-refractivity contribution is 0.681. The van der Waals surface area contributed by atoms with E-state index in [0.29, 0.717) is 18.2 Å². The van der Waals surface area contributed by atoms with Crippen LogP contribution in [0.4, 0.5) is 5.82 Å². The van der Waals surface area contributed by atoms with Crippen molar-refractivity contribution >= 4 is 39.7 Å². The van der Waals surface area contributed by atoms with Crippen LogP contribution in [0.15, 0.2) is 5.38 Å². The molecule has 0 radical (unpaired) electrons. The molecule has 106 valence electrons. The van der Waals surface area contributed by atoms with Crippen LogP contribution in [0.1, 0.15) is 53.8 Å². The van der Waals surface area contributed by atoms with E-state index >= 15 is 0 Å². The molecular formula is C14H17IN4S. The molecule has 0 aliphatic heterocycles. The summed E-state index contributed by atoms with van der Waals surface area (Å²) in [6.07, 6.45) is 5.72. The predicted octanol–water partition coefficient (Wildman–Crippen LogP) is 3.68. The van der Waals surface area contributed by atoms with Crippen molar-refractivity contribution in [3.8, 4) is 0 Å². The van der Waals surface area contributed by atoms with Gasteiger partial charge >= 0.3 is 0 Å². The van der Waals surface area contributed by atoms with Crippen LogP contribution in [0.2, 0.25) is 0 Å². The molecule has 0 spiro atoms. The van der Waals surface area contributed by atoms with E-state index in [1.165, 1.54) is 25.7 Å². The van der Waals surface area contributed by atoms with Crippen LogP contribution in [-0.2, 0) is 6.42 Å². The van der Waals surface area contributed by atoms with Crippen LogP contribution in [0, 0.1) is 10.5 Å². The molecule has 1 aliphatic rings. The van der Waals surface area contributed by atoms with E-state index in [1.807, 2.05) is 6.92 Å². The average Bonchev–Trinajstić information content (AvgIpc) is 3.05. The van der Waals surface area contributed by atoms with Crippen molar-refractivity contribution < 1.29 is 0 Å². The van der Waals surface area contributed by atoms with Crippen molar-refractivity contribution in [2.75, 3.05) is 5.73 Å². The molecule has 6 heteroatoms. The Morgan fingerprint density at radius 1 is 1.30 bits per heavy atom. The van der Waals surface area contributed by atoms with E-state index in [9.17, 15) is 0 Å². The van der Waals surface area contributed by atoms with E-state index < -0.39 is 0 Å². The van der Waals surface area contributed by atoms with Crippen LogP contribution in [0.25, 0.3) is 0 Å². The predicted molar refractivity (Wildman–Crippen MR) is 90.0 cm³/mol. The zero-order chi connectivity index (χ0) is 14.1. The summed E-state index contributed by atoms with van der Waals surface area (Å²) in [6.45, 7) is 2.01. The molecule has 0 atom stereocenters. The highest BCUT2D eigenvalue weighted by Crippen LogP contribution is 2.36. The Hall–Kier alpha value is -0.760. The number of halogens is 1. The van der Waals surface area contributed by atoms with Gasteiger partial charge in [-0.3, -0.25) is 0 Å². The summed E-state index contributed by atoms with van der Waals surface area (Å²) in [5.74, 6) is 1.98. The fourth-order valence-corrected chi connectivity index (χ4v) is 4.15. The van der Waals surface area contributed by atoms with Crippen molar-refractivity contribution in [1.82, 2.24) is 15.0 Å². The van der Waals surface area contributed by atoms with Crippen LogP contribution < -0.4 is 5.73 Å². The smallest absolute Gasteiger partial charge is 0.140 e. The molecule has 1 saturated carbocycles. The largest absolute Gasteiger partial charge is 0.383 e. The number of thiazole rings is 1. The molecule has 0 unspecified atom stereocenters. The van der Waals surface area contributed by atoms with Crippen molar-refractivity contribution in [1.29, 1.82) is 0 Å². The second kappa shape index (κ2) is 5.93. The number of rotatable bonds is 3. The highest BCUT2D eigenvalue weighted by Gasteiger charge is 2.23. The van der Waals surface area contributed by atoms with E-state index in [-0.39, 0.29) is 0 Å². The Bertz CT molecular complexity index is 620. The number of nitrogens with two attached hydrogens (primary N) is 1. The van der Waals surface area contributed by atoms with Crippen LogP contribution >= 0.6 is 33.9 Å². The molecular weight excluding hydrogens is 383 g/mol. The standard InChI is InChI=1S/C14H17IN4S/c1-8-7-20-11(17-8)6-10-18-13(9-4-2-3-5-9)12(15)14(16)19-10/h7,9H,2-6H2,1H3,(H2,16,18,19). The number of aryl methyl sites for hydroxylation is 1. The molecule has 1 aliphatic carbocycles. The van der Waals surface area contributed by atoms with Crippen LogP contribution in [-0.4, -0.2) is 15.0 Å². The first-order valence-corrected chi connectivity index (χ1v) is 8.82. The monoisotopic (exact) mass is 400 g/mol. The lowest BCUT2D eigenvalue weighted by atomic mass is 10.0. The summed E-state index contributed by atoms with van der Waals surface area (Å²) in [5.41, 5.74) is 8.28. The number of nitrogen functional groups attached to an aromatic ring is 1. The van der Waals surface area contributed by atoms with Crippen LogP contribution in [0.3, 0.4) is 0 Å². The molecule has 2 heterocycles. The van der Waals surface area contributed by atoms with Gasteiger partial charge in [0.2, 0.25) is 0 Å². The average molecular weight is 400 g/mol. The maximum Gasteiger partial charge on any atom is 0.140 e. The highest BCUT2D eigenvalue weighted by molar-refractivity contribution is 14.1. The maximum atomic E-state index is 6.07. The minimum absolute atomic E-state index is 0.559. The lowest BCUT2D eigenvalue weighted by Crippen LogP contribution is -2.10. The van der Waals surface area contributed by atoms with Gasteiger partial charge in [0.1, 0.15) is 16.6 Å². The maximum absolute atomic E-state index is 6.07. The lowest BCUT2D eigenvalue weighted by Gasteiger charge is -2.13. The Labute approximate surface area is 136 Å². The van der Waals surface area contributed by atoms with Gasteiger partial charge in [-0.15, -0.1) is 11.3 Å². The Kier molecular flexibility index (Phi) is 4.21. The molecule has 0 amide bonds. The minimum Gasteiger partial charge on any atom is -0.383 e. The van der Waals surface area contributed by atoms with Gasteiger partial charge < -0.3 is 5.73 Å². The fraction of sp³-hybridized carbons (Fsp3) is 0.500. The number of aromatic nitrogens is 3. The first-order chi connectivity index (χ1) is 9.63. The topological polar surface area (TPSA) is 64.7 Å². The molecule has 0 bridgehead atoms. The number of nitrogens with zero attached hydrogens (tertiary/aromatic N) is 3. The molecule has 2 aromatic heterocycles. The summed E-state index contributed by atoms with van der Waals surface area (Å²) in [7, 11) is 0. The quantitative estimate of drug-likeness (QED) is 0.799. The van der Waals surface area contributed by atoms with Gasteiger partial charge in [-0.1, -0.05) is 12.8 Å². The van der Waals surface area contributed by atoms with Gasteiger partial charge in [0.15, 0.2) is 0 Å². The molecule has 0 saturated heterocycles. The minimum atomic E-state index is 0.559. The van der Waals surface area contributed by atoms with Gasteiger partial charge in [0.25, 0.3) is 0 Å². The first kappa shape index (κ1) is 14.2. The van der Waals surface area contributed by atoms with Gasteiger partial charge in [-0.05, 0) is 42.4 Å². The van der Waals surface area contributed by atoms with Crippen molar-refractivity contribution in [2.45, 2.75) is 44.9 Å². The van der Waals surface area contributed by atoms with Gasteiger partial charge in [-0.2, -0.15) is 0 Å². The Morgan fingerprint density at radius 2 is 2.05 bits per heavy atom. The Balaban J connectivity index is 1.91. The molecule has 2 N–H and O–H groups in total. The third-order valence-corrected chi connectivity index (χ3v) is 5.74.